The Hall–Kier alpha value is -1.92. The van der Waals surface area contributed by atoms with E-state index in [4.69, 9.17) is 15.3 Å². The molecule has 0 aliphatic carbocycles. The van der Waals surface area contributed by atoms with E-state index in [1.807, 2.05) is 6.92 Å². The van der Waals surface area contributed by atoms with E-state index in [-0.39, 0.29) is 17.8 Å². The van der Waals surface area contributed by atoms with Crippen molar-refractivity contribution in [2.24, 2.45) is 5.84 Å². The van der Waals surface area contributed by atoms with Crippen LogP contribution in [-0.2, 0) is 9.53 Å². The van der Waals surface area contributed by atoms with Gasteiger partial charge in [-0.2, -0.15) is 0 Å². The van der Waals surface area contributed by atoms with E-state index in [9.17, 15) is 9.59 Å². The summed E-state index contributed by atoms with van der Waals surface area (Å²) >= 11 is 0. The minimum absolute atomic E-state index is 0.108. The molecule has 2 atom stereocenters. The summed E-state index contributed by atoms with van der Waals surface area (Å²) in [6.45, 7) is 2.20. The van der Waals surface area contributed by atoms with Gasteiger partial charge in [-0.05, 0) is 37.1 Å². The van der Waals surface area contributed by atoms with E-state index >= 15 is 0 Å². The highest BCUT2D eigenvalue weighted by molar-refractivity contribution is 5.95. The van der Waals surface area contributed by atoms with Gasteiger partial charge in [0.2, 0.25) is 0 Å². The Kier molecular flexibility index (Phi) is 5.30. The molecule has 1 aromatic rings. The first-order valence-corrected chi connectivity index (χ1v) is 7.06. The van der Waals surface area contributed by atoms with Gasteiger partial charge in [-0.3, -0.25) is 15.0 Å². The van der Waals surface area contributed by atoms with Crippen LogP contribution in [0.15, 0.2) is 24.3 Å². The van der Waals surface area contributed by atoms with Crippen LogP contribution in [0.5, 0.6) is 5.75 Å². The van der Waals surface area contributed by atoms with Crippen LogP contribution in [0.1, 0.15) is 36.5 Å². The Morgan fingerprint density at radius 1 is 1.33 bits per heavy atom. The van der Waals surface area contributed by atoms with E-state index in [0.29, 0.717) is 30.8 Å². The van der Waals surface area contributed by atoms with Crippen molar-refractivity contribution in [3.8, 4) is 5.75 Å². The maximum Gasteiger partial charge on any atom is 0.263 e. The third-order valence-corrected chi connectivity index (χ3v) is 3.48. The molecule has 0 saturated carbocycles. The third kappa shape index (κ3) is 4.03. The van der Waals surface area contributed by atoms with Gasteiger partial charge in [-0.25, -0.2) is 5.84 Å². The SMILES string of the molecule is CCC(=O)c1ccc(OCC2CCC(C(=O)NN)O2)cc1. The summed E-state index contributed by atoms with van der Waals surface area (Å²) in [5.41, 5.74) is 2.77. The van der Waals surface area contributed by atoms with Gasteiger partial charge in [0.05, 0.1) is 6.10 Å². The summed E-state index contributed by atoms with van der Waals surface area (Å²) in [6.07, 6.45) is 1.27. The summed E-state index contributed by atoms with van der Waals surface area (Å²) in [6, 6.07) is 7.03. The first kappa shape index (κ1) is 15.5. The highest BCUT2D eigenvalue weighted by Gasteiger charge is 2.30. The molecule has 1 saturated heterocycles. The second-order valence-corrected chi connectivity index (χ2v) is 4.94. The van der Waals surface area contributed by atoms with Crippen molar-refractivity contribution in [2.75, 3.05) is 6.61 Å². The number of carbonyl (C=O) groups is 2. The maximum absolute atomic E-state index is 11.5. The number of nitrogens with two attached hydrogens (primary N) is 1. The number of hydrogen-bond donors (Lipinski definition) is 2. The molecular weight excluding hydrogens is 272 g/mol. The largest absolute Gasteiger partial charge is 0.491 e. The van der Waals surface area contributed by atoms with Crippen LogP contribution in [0, 0.1) is 0 Å². The molecule has 1 amide bonds. The average molecular weight is 292 g/mol. The van der Waals surface area contributed by atoms with Crippen molar-refractivity contribution in [1.82, 2.24) is 5.43 Å². The Morgan fingerprint density at radius 2 is 2.05 bits per heavy atom. The van der Waals surface area contributed by atoms with Crippen LogP contribution in [-0.4, -0.2) is 30.5 Å². The Morgan fingerprint density at radius 3 is 2.67 bits per heavy atom. The van der Waals surface area contributed by atoms with E-state index in [1.54, 1.807) is 24.3 Å². The zero-order valence-electron chi connectivity index (χ0n) is 12.0. The molecule has 0 radical (unpaired) electrons. The van der Waals surface area contributed by atoms with Crippen molar-refractivity contribution in [3.05, 3.63) is 29.8 Å². The number of carbonyl (C=O) groups excluding carboxylic acids is 2. The number of Topliss-reactive ketones (excluding diaryl/α,β-unsaturated/α-hetero) is 1. The highest BCUT2D eigenvalue weighted by Crippen LogP contribution is 2.21. The smallest absolute Gasteiger partial charge is 0.263 e. The Bertz CT molecular complexity index is 501. The van der Waals surface area contributed by atoms with Crippen molar-refractivity contribution < 1.29 is 19.1 Å². The molecule has 21 heavy (non-hydrogen) atoms. The lowest BCUT2D eigenvalue weighted by Crippen LogP contribution is -2.39. The molecular formula is C15H20N2O4. The first-order valence-electron chi connectivity index (χ1n) is 7.06. The Balaban J connectivity index is 1.81. The van der Waals surface area contributed by atoms with Crippen LogP contribution in [0.4, 0.5) is 0 Å². The summed E-state index contributed by atoms with van der Waals surface area (Å²) in [5, 5.41) is 0. The number of hydrazine groups is 1. The number of amides is 1. The van der Waals surface area contributed by atoms with Gasteiger partial charge in [-0.15, -0.1) is 0 Å². The molecule has 6 nitrogen and oxygen atoms in total. The fourth-order valence-electron chi connectivity index (χ4n) is 2.24. The van der Waals surface area contributed by atoms with Crippen LogP contribution >= 0.6 is 0 Å². The van der Waals surface area contributed by atoms with Crippen LogP contribution in [0.25, 0.3) is 0 Å². The molecule has 114 valence electrons. The van der Waals surface area contributed by atoms with Crippen LogP contribution in [0.3, 0.4) is 0 Å². The predicted molar refractivity (Wildman–Crippen MR) is 76.8 cm³/mol. The predicted octanol–water partition coefficient (Wildman–Crippen LogP) is 1.20. The number of ether oxygens (including phenoxy) is 2. The first-order chi connectivity index (χ1) is 10.1. The average Bonchev–Trinajstić information content (AvgIpc) is 3.01. The normalized spacial score (nSPS) is 21.0. The van der Waals surface area contributed by atoms with Crippen molar-refractivity contribution in [1.29, 1.82) is 0 Å². The van der Waals surface area contributed by atoms with Crippen molar-refractivity contribution in [3.63, 3.8) is 0 Å². The molecule has 1 aliphatic rings. The lowest BCUT2D eigenvalue weighted by molar-refractivity contribution is -0.132. The summed E-state index contributed by atoms with van der Waals surface area (Å²) in [5.74, 6) is 5.55. The topological polar surface area (TPSA) is 90.7 Å². The molecule has 3 N–H and O–H groups in total. The molecule has 1 fully saturated rings. The summed E-state index contributed by atoms with van der Waals surface area (Å²) in [4.78, 5) is 22.8. The van der Waals surface area contributed by atoms with Gasteiger partial charge in [0, 0.05) is 12.0 Å². The molecule has 0 aromatic heterocycles. The zero-order chi connectivity index (χ0) is 15.2. The second kappa shape index (κ2) is 7.19. The van der Waals surface area contributed by atoms with Crippen LogP contribution in [0.2, 0.25) is 0 Å². The van der Waals surface area contributed by atoms with Gasteiger partial charge in [0.15, 0.2) is 5.78 Å². The number of nitrogens with one attached hydrogen (secondary N) is 1. The molecule has 0 spiro atoms. The van der Waals surface area contributed by atoms with E-state index in [0.717, 1.165) is 6.42 Å². The lowest BCUT2D eigenvalue weighted by Gasteiger charge is -2.14. The molecule has 0 bridgehead atoms. The highest BCUT2D eigenvalue weighted by atomic mass is 16.5. The third-order valence-electron chi connectivity index (χ3n) is 3.48. The number of ketones is 1. The Labute approximate surface area is 123 Å². The molecule has 6 heteroatoms. The fraction of sp³-hybridized carbons (Fsp3) is 0.467. The number of rotatable bonds is 6. The molecule has 1 aliphatic heterocycles. The van der Waals surface area contributed by atoms with Crippen molar-refractivity contribution in [2.45, 2.75) is 38.4 Å². The molecule has 2 rings (SSSR count). The maximum atomic E-state index is 11.5. The van der Waals surface area contributed by atoms with Gasteiger partial charge in [0.25, 0.3) is 5.91 Å². The molecule has 1 heterocycles. The summed E-state index contributed by atoms with van der Waals surface area (Å²) in [7, 11) is 0. The van der Waals surface area contributed by atoms with Crippen molar-refractivity contribution >= 4 is 11.7 Å². The van der Waals surface area contributed by atoms with Crippen LogP contribution < -0.4 is 16.0 Å². The second-order valence-electron chi connectivity index (χ2n) is 4.94. The molecule has 2 unspecified atom stereocenters. The lowest BCUT2D eigenvalue weighted by atomic mass is 10.1. The fourth-order valence-corrected chi connectivity index (χ4v) is 2.24. The van der Waals surface area contributed by atoms with E-state index < -0.39 is 6.10 Å². The number of hydrogen-bond acceptors (Lipinski definition) is 5. The van der Waals surface area contributed by atoms with E-state index in [1.165, 1.54) is 0 Å². The monoisotopic (exact) mass is 292 g/mol. The summed E-state index contributed by atoms with van der Waals surface area (Å²) < 4.78 is 11.2. The van der Waals surface area contributed by atoms with E-state index in [2.05, 4.69) is 5.43 Å². The number of benzene rings is 1. The molecule has 1 aromatic carbocycles. The van der Waals surface area contributed by atoms with Gasteiger partial charge in [-0.1, -0.05) is 6.92 Å². The van der Waals surface area contributed by atoms with Gasteiger partial charge in [0.1, 0.15) is 18.5 Å². The zero-order valence-corrected chi connectivity index (χ0v) is 12.0. The minimum Gasteiger partial charge on any atom is -0.491 e. The van der Waals surface area contributed by atoms with Gasteiger partial charge >= 0.3 is 0 Å². The quantitative estimate of drug-likeness (QED) is 0.356. The standard InChI is InChI=1S/C15H20N2O4/c1-2-13(18)10-3-5-11(6-4-10)20-9-12-7-8-14(21-12)15(19)17-16/h3-6,12,14H,2,7-9,16H2,1H3,(H,17,19). The van der Waals surface area contributed by atoms with Gasteiger partial charge < -0.3 is 9.47 Å². The minimum atomic E-state index is -0.492.